The lowest BCUT2D eigenvalue weighted by Gasteiger charge is -2.29. The van der Waals surface area contributed by atoms with Crippen molar-refractivity contribution in [3.8, 4) is 11.1 Å². The number of allylic oxidation sites excluding steroid dienone is 1. The lowest BCUT2D eigenvalue weighted by atomic mass is 9.77. The zero-order valence-electron chi connectivity index (χ0n) is 22.0. The highest BCUT2D eigenvalue weighted by Gasteiger charge is 2.28. The molecule has 0 bridgehead atoms. The van der Waals surface area contributed by atoms with E-state index in [0.29, 0.717) is 36.8 Å². The van der Waals surface area contributed by atoms with Crippen LogP contribution in [0.1, 0.15) is 94.6 Å². The largest absolute Gasteiger partial charge is 0.378 e. The van der Waals surface area contributed by atoms with Gasteiger partial charge in [0.25, 0.3) is 0 Å². The predicted octanol–water partition coefficient (Wildman–Crippen LogP) is 9.68. The Morgan fingerprint density at radius 1 is 0.784 bits per heavy atom. The highest BCUT2D eigenvalue weighted by molar-refractivity contribution is 5.66. The second kappa shape index (κ2) is 13.1. The van der Waals surface area contributed by atoms with Gasteiger partial charge in [0.15, 0.2) is 23.3 Å². The Morgan fingerprint density at radius 3 is 2.11 bits per heavy atom. The molecule has 0 N–H and O–H groups in total. The Kier molecular flexibility index (Phi) is 9.86. The van der Waals surface area contributed by atoms with Crippen LogP contribution < -0.4 is 0 Å². The normalized spacial score (nSPS) is 24.2. The minimum atomic E-state index is -1.13. The standard InChI is InChI=1S/C32H40F4O/c1-3-5-7-22-10-15-25(37-20-22)16-13-24-14-17-27(31(35)29(24)33)28-19-18-26(30(34)32(28)36)23-11-8-21(6-4-2)9-12-23/h3,14,17-19,21-23,25H,1,4-13,15-16,20H2,2H3. The van der Waals surface area contributed by atoms with Crippen molar-refractivity contribution in [2.75, 3.05) is 6.61 Å². The van der Waals surface area contributed by atoms with E-state index >= 15 is 13.2 Å². The molecule has 2 unspecified atom stereocenters. The third kappa shape index (κ3) is 6.66. The summed E-state index contributed by atoms with van der Waals surface area (Å²) in [6, 6.07) is 5.83. The van der Waals surface area contributed by atoms with Gasteiger partial charge in [-0.2, -0.15) is 0 Å². The lowest BCUT2D eigenvalue weighted by molar-refractivity contribution is -0.0212. The summed E-state index contributed by atoms with van der Waals surface area (Å²) in [5.74, 6) is -2.98. The monoisotopic (exact) mass is 516 g/mol. The van der Waals surface area contributed by atoms with Crippen LogP contribution in [0.2, 0.25) is 0 Å². The Hall–Kier alpha value is -2.14. The highest BCUT2D eigenvalue weighted by atomic mass is 19.2. The molecule has 5 heteroatoms. The summed E-state index contributed by atoms with van der Waals surface area (Å²) in [5.41, 5.74) is 0.118. The minimum Gasteiger partial charge on any atom is -0.378 e. The Labute approximate surface area is 219 Å². The van der Waals surface area contributed by atoms with Crippen LogP contribution in [0.5, 0.6) is 0 Å². The average Bonchev–Trinajstić information content (AvgIpc) is 2.91. The summed E-state index contributed by atoms with van der Waals surface area (Å²) < 4.78 is 66.2. The van der Waals surface area contributed by atoms with E-state index in [1.807, 2.05) is 6.08 Å². The van der Waals surface area contributed by atoms with Crippen LogP contribution >= 0.6 is 0 Å². The van der Waals surface area contributed by atoms with Crippen LogP contribution in [0.3, 0.4) is 0 Å². The molecule has 2 fully saturated rings. The first-order valence-corrected chi connectivity index (χ1v) is 14.1. The van der Waals surface area contributed by atoms with E-state index in [9.17, 15) is 4.39 Å². The van der Waals surface area contributed by atoms with Gasteiger partial charge in [0.05, 0.1) is 6.10 Å². The van der Waals surface area contributed by atoms with Crippen molar-refractivity contribution < 1.29 is 22.3 Å². The fourth-order valence-electron chi connectivity index (χ4n) is 6.23. The molecule has 1 aliphatic carbocycles. The molecule has 2 aliphatic rings. The van der Waals surface area contributed by atoms with Gasteiger partial charge in [-0.1, -0.05) is 50.1 Å². The van der Waals surface area contributed by atoms with Crippen molar-refractivity contribution in [2.45, 2.75) is 96.0 Å². The van der Waals surface area contributed by atoms with E-state index in [1.165, 1.54) is 24.6 Å². The zero-order valence-corrected chi connectivity index (χ0v) is 22.0. The molecule has 2 aromatic carbocycles. The first-order chi connectivity index (χ1) is 17.9. The highest BCUT2D eigenvalue weighted by Crippen LogP contribution is 2.40. The lowest BCUT2D eigenvalue weighted by Crippen LogP contribution is -2.26. The molecular formula is C32H40F4O. The van der Waals surface area contributed by atoms with Crippen LogP contribution in [-0.4, -0.2) is 12.7 Å². The van der Waals surface area contributed by atoms with Crippen molar-refractivity contribution in [3.05, 3.63) is 71.3 Å². The fraction of sp³-hybridized carbons (Fsp3) is 0.562. The molecule has 1 aliphatic heterocycles. The van der Waals surface area contributed by atoms with Gasteiger partial charge in [-0.25, -0.2) is 17.6 Å². The van der Waals surface area contributed by atoms with E-state index in [0.717, 1.165) is 57.8 Å². The van der Waals surface area contributed by atoms with Gasteiger partial charge in [0, 0.05) is 17.7 Å². The van der Waals surface area contributed by atoms with E-state index in [-0.39, 0.29) is 28.7 Å². The molecule has 1 heterocycles. The van der Waals surface area contributed by atoms with Crippen molar-refractivity contribution >= 4 is 0 Å². The van der Waals surface area contributed by atoms with Gasteiger partial charge in [-0.05, 0) is 93.1 Å². The van der Waals surface area contributed by atoms with Crippen molar-refractivity contribution in [1.29, 1.82) is 0 Å². The molecule has 1 nitrogen and oxygen atoms in total. The molecule has 0 amide bonds. The molecule has 1 saturated carbocycles. The maximum absolute atomic E-state index is 15.1. The molecule has 0 aromatic heterocycles. The van der Waals surface area contributed by atoms with Gasteiger partial charge < -0.3 is 4.74 Å². The summed E-state index contributed by atoms with van der Waals surface area (Å²) in [6.07, 6.45) is 12.9. The fourth-order valence-corrected chi connectivity index (χ4v) is 6.23. The Morgan fingerprint density at radius 2 is 1.46 bits per heavy atom. The SMILES string of the molecule is C=CCCC1CCC(CCc2ccc(-c3ccc(C4CCC(CCC)CC4)c(F)c3F)c(F)c2F)OC1. The maximum atomic E-state index is 15.1. The summed E-state index contributed by atoms with van der Waals surface area (Å²) in [5, 5.41) is 0. The molecule has 1 saturated heterocycles. The topological polar surface area (TPSA) is 9.23 Å². The van der Waals surface area contributed by atoms with Gasteiger partial charge in [-0.3, -0.25) is 0 Å². The first-order valence-electron chi connectivity index (χ1n) is 14.1. The van der Waals surface area contributed by atoms with Gasteiger partial charge in [0.2, 0.25) is 0 Å². The van der Waals surface area contributed by atoms with Gasteiger partial charge >= 0.3 is 0 Å². The van der Waals surface area contributed by atoms with Gasteiger partial charge in [-0.15, -0.1) is 6.58 Å². The van der Waals surface area contributed by atoms with Crippen molar-refractivity contribution in [1.82, 2.24) is 0 Å². The van der Waals surface area contributed by atoms with E-state index in [4.69, 9.17) is 4.74 Å². The number of halogens is 4. The molecule has 0 radical (unpaired) electrons. The van der Waals surface area contributed by atoms with E-state index in [1.54, 1.807) is 6.07 Å². The number of hydrogen-bond donors (Lipinski definition) is 0. The zero-order chi connectivity index (χ0) is 26.4. The molecular weight excluding hydrogens is 476 g/mol. The van der Waals surface area contributed by atoms with Crippen LogP contribution in [0, 0.1) is 35.1 Å². The molecule has 202 valence electrons. The summed E-state index contributed by atoms with van der Waals surface area (Å²) in [7, 11) is 0. The van der Waals surface area contributed by atoms with Crippen LogP contribution in [-0.2, 0) is 11.2 Å². The molecule has 4 rings (SSSR count). The van der Waals surface area contributed by atoms with E-state index in [2.05, 4.69) is 13.5 Å². The second-order valence-corrected chi connectivity index (χ2v) is 11.0. The Balaban J connectivity index is 1.41. The molecule has 2 aromatic rings. The number of ether oxygens (including phenoxy) is 1. The van der Waals surface area contributed by atoms with Crippen LogP contribution in [0.4, 0.5) is 17.6 Å². The summed E-state index contributed by atoms with van der Waals surface area (Å²) in [6.45, 7) is 6.61. The smallest absolute Gasteiger partial charge is 0.167 e. The number of rotatable bonds is 10. The van der Waals surface area contributed by atoms with Crippen molar-refractivity contribution in [2.24, 2.45) is 11.8 Å². The van der Waals surface area contributed by atoms with Crippen LogP contribution in [0.25, 0.3) is 11.1 Å². The van der Waals surface area contributed by atoms with Gasteiger partial charge in [0.1, 0.15) is 0 Å². The third-order valence-corrected chi connectivity index (χ3v) is 8.53. The summed E-state index contributed by atoms with van der Waals surface area (Å²) in [4.78, 5) is 0. The average molecular weight is 517 g/mol. The molecule has 2 atom stereocenters. The number of benzene rings is 2. The predicted molar refractivity (Wildman–Crippen MR) is 142 cm³/mol. The van der Waals surface area contributed by atoms with E-state index < -0.39 is 23.3 Å². The second-order valence-electron chi connectivity index (χ2n) is 11.0. The first kappa shape index (κ1) is 27.9. The van der Waals surface area contributed by atoms with Crippen LogP contribution in [0.15, 0.2) is 36.9 Å². The molecule has 0 spiro atoms. The Bertz CT molecular complexity index is 1050. The summed E-state index contributed by atoms with van der Waals surface area (Å²) >= 11 is 0. The maximum Gasteiger partial charge on any atom is 0.167 e. The number of aryl methyl sites for hydroxylation is 1. The van der Waals surface area contributed by atoms with Crippen molar-refractivity contribution in [3.63, 3.8) is 0 Å². The molecule has 37 heavy (non-hydrogen) atoms. The third-order valence-electron chi connectivity index (χ3n) is 8.53. The minimum absolute atomic E-state index is 0.0262. The quantitative estimate of drug-likeness (QED) is 0.226. The number of hydrogen-bond acceptors (Lipinski definition) is 1.